The molecule has 1 heterocycles. The average molecular weight is 571 g/mol. The minimum atomic E-state index is -0.508. The van der Waals surface area contributed by atoms with Gasteiger partial charge in [-0.25, -0.2) is 9.18 Å². The second-order valence-electron chi connectivity index (χ2n) is 10.2. The molecule has 0 aliphatic heterocycles. The molecule has 1 aliphatic carbocycles. The monoisotopic (exact) mass is 570 g/mol. The molecule has 6 nitrogen and oxygen atoms in total. The number of esters is 1. The topological polar surface area (TPSA) is 75.7 Å². The molecule has 2 amide bonds. The fraction of sp³-hybridized carbons (Fsp3) is 0.367. The van der Waals surface area contributed by atoms with Gasteiger partial charge in [-0.2, -0.15) is 0 Å². The maximum Gasteiger partial charge on any atom is 0.350 e. The number of benzene rings is 2. The largest absolute Gasteiger partial charge is 0.465 e. The van der Waals surface area contributed by atoms with E-state index in [1.807, 2.05) is 19.9 Å². The number of hydrogen-bond acceptors (Lipinski definition) is 5. The third kappa shape index (κ3) is 6.50. The number of carbonyl (C=O) groups is 3. The molecule has 4 rings (SSSR count). The van der Waals surface area contributed by atoms with Crippen molar-refractivity contribution in [1.82, 2.24) is 0 Å². The van der Waals surface area contributed by atoms with Crippen LogP contribution in [-0.2, 0) is 9.53 Å². The van der Waals surface area contributed by atoms with Crippen LogP contribution in [0.15, 0.2) is 48.5 Å². The number of nitrogens with zero attached hydrogens (tertiary/aromatic N) is 1. The Morgan fingerprint density at radius 1 is 1.05 bits per heavy atom. The van der Waals surface area contributed by atoms with Gasteiger partial charge in [-0.15, -0.1) is 11.3 Å². The fourth-order valence-corrected chi connectivity index (χ4v) is 6.15. The molecule has 3 aromatic rings. The Morgan fingerprint density at radius 2 is 1.72 bits per heavy atom. The highest BCUT2D eigenvalue weighted by Crippen LogP contribution is 2.41. The Labute approximate surface area is 237 Å². The smallest absolute Gasteiger partial charge is 0.350 e. The van der Waals surface area contributed by atoms with Crippen LogP contribution in [0.5, 0.6) is 0 Å². The van der Waals surface area contributed by atoms with Crippen molar-refractivity contribution in [3.8, 4) is 10.4 Å². The van der Waals surface area contributed by atoms with Crippen LogP contribution in [0.4, 0.5) is 15.8 Å². The summed E-state index contributed by atoms with van der Waals surface area (Å²) in [7, 11) is 1.32. The number of anilines is 2. The normalized spacial score (nSPS) is 17.1. The van der Waals surface area contributed by atoms with Crippen molar-refractivity contribution < 1.29 is 23.5 Å². The summed E-state index contributed by atoms with van der Waals surface area (Å²) < 4.78 is 18.3. The van der Waals surface area contributed by atoms with Crippen LogP contribution in [0.1, 0.15) is 66.5 Å². The number of amides is 2. The van der Waals surface area contributed by atoms with Crippen LogP contribution >= 0.6 is 22.9 Å². The van der Waals surface area contributed by atoms with Crippen LogP contribution in [0.3, 0.4) is 0 Å². The summed E-state index contributed by atoms with van der Waals surface area (Å²) in [5.41, 5.74) is 1.95. The first kappa shape index (κ1) is 28.8. The number of hydrogen-bond donors (Lipinski definition) is 1. The number of thiophene rings is 1. The van der Waals surface area contributed by atoms with Crippen LogP contribution in [-0.4, -0.2) is 30.9 Å². The highest BCUT2D eigenvalue weighted by Gasteiger charge is 2.33. The molecule has 0 unspecified atom stereocenters. The number of carbonyl (C=O) groups excluding carboxylic acids is 3. The summed E-state index contributed by atoms with van der Waals surface area (Å²) in [5.74, 6) is -0.778. The van der Waals surface area contributed by atoms with Crippen LogP contribution < -0.4 is 10.2 Å². The van der Waals surface area contributed by atoms with E-state index in [4.69, 9.17) is 16.3 Å². The fourth-order valence-electron chi connectivity index (χ4n) is 4.86. The molecule has 206 valence electrons. The quantitative estimate of drug-likeness (QED) is 0.294. The lowest BCUT2D eigenvalue weighted by Crippen LogP contribution is -2.42. The van der Waals surface area contributed by atoms with Crippen LogP contribution in [0.2, 0.25) is 5.02 Å². The first-order chi connectivity index (χ1) is 18.6. The lowest BCUT2D eigenvalue weighted by atomic mass is 9.82. The average Bonchev–Trinajstić information content (AvgIpc) is 3.34. The first-order valence-electron chi connectivity index (χ1n) is 13.0. The number of nitrogens with one attached hydrogen (secondary N) is 1. The second-order valence-corrected chi connectivity index (χ2v) is 11.7. The number of halogens is 2. The van der Waals surface area contributed by atoms with Gasteiger partial charge in [0.15, 0.2) is 0 Å². The van der Waals surface area contributed by atoms with E-state index >= 15 is 0 Å². The number of ether oxygens (including phenoxy) is 1. The van der Waals surface area contributed by atoms with Crippen molar-refractivity contribution in [2.75, 3.05) is 17.3 Å². The van der Waals surface area contributed by atoms with Crippen molar-refractivity contribution in [1.29, 1.82) is 0 Å². The Bertz CT molecular complexity index is 1360. The zero-order valence-electron chi connectivity index (χ0n) is 22.4. The zero-order valence-corrected chi connectivity index (χ0v) is 24.0. The lowest BCUT2D eigenvalue weighted by molar-refractivity contribution is -0.123. The van der Waals surface area contributed by atoms with Gasteiger partial charge in [-0.05, 0) is 93.5 Å². The molecule has 0 radical (unpaired) electrons. The number of rotatable bonds is 7. The van der Waals surface area contributed by atoms with Gasteiger partial charge in [0, 0.05) is 22.4 Å². The highest BCUT2D eigenvalue weighted by atomic mass is 35.5. The standard InChI is InChI=1S/C30H32ClFN2O4S/c1-17(2)34(29(36)20-7-5-18(3)6-8-20)25-16-26(39-27(25)30(37)38-4)21-11-14-24(23(31)15-21)33-28(35)19-9-12-22(32)13-10-19/h9-18,20H,5-8H2,1-4H3,(H,33,35). The van der Waals surface area contributed by atoms with Gasteiger partial charge < -0.3 is 15.0 Å². The van der Waals surface area contributed by atoms with E-state index in [-0.39, 0.29) is 17.9 Å². The summed E-state index contributed by atoms with van der Waals surface area (Å²) >= 11 is 7.76. The Morgan fingerprint density at radius 3 is 2.31 bits per heavy atom. The van der Waals surface area contributed by atoms with E-state index in [0.717, 1.165) is 36.1 Å². The van der Waals surface area contributed by atoms with Gasteiger partial charge in [-0.1, -0.05) is 24.6 Å². The molecule has 1 saturated carbocycles. The van der Waals surface area contributed by atoms with Crippen molar-refractivity contribution in [2.45, 2.75) is 52.5 Å². The predicted octanol–water partition coefficient (Wildman–Crippen LogP) is 7.81. The van der Waals surface area contributed by atoms with Crippen LogP contribution in [0.25, 0.3) is 10.4 Å². The van der Waals surface area contributed by atoms with E-state index < -0.39 is 17.7 Å². The van der Waals surface area contributed by atoms with Crippen molar-refractivity contribution in [3.05, 3.63) is 69.8 Å². The molecular formula is C30H32ClFN2O4S. The summed E-state index contributed by atoms with van der Waals surface area (Å²) in [6.07, 6.45) is 3.72. The van der Waals surface area contributed by atoms with Crippen LogP contribution in [0, 0.1) is 17.7 Å². The molecule has 1 aliphatic rings. The summed E-state index contributed by atoms with van der Waals surface area (Å²) in [5, 5.41) is 3.04. The van der Waals surface area contributed by atoms with Gasteiger partial charge >= 0.3 is 5.97 Å². The highest BCUT2D eigenvalue weighted by molar-refractivity contribution is 7.18. The Balaban J connectivity index is 1.64. The molecule has 2 aromatic carbocycles. The molecule has 1 N–H and O–H groups in total. The van der Waals surface area contributed by atoms with Crippen molar-refractivity contribution >= 4 is 52.1 Å². The minimum absolute atomic E-state index is 0.0308. The van der Waals surface area contributed by atoms with E-state index in [0.29, 0.717) is 32.8 Å². The Kier molecular flexibility index (Phi) is 9.08. The molecule has 39 heavy (non-hydrogen) atoms. The van der Waals surface area contributed by atoms with E-state index in [1.165, 1.54) is 42.7 Å². The van der Waals surface area contributed by atoms with Crippen molar-refractivity contribution in [2.24, 2.45) is 11.8 Å². The maximum atomic E-state index is 13.7. The van der Waals surface area contributed by atoms with Gasteiger partial charge in [-0.3, -0.25) is 9.59 Å². The molecule has 0 atom stereocenters. The maximum absolute atomic E-state index is 13.7. The van der Waals surface area contributed by atoms with Gasteiger partial charge in [0.25, 0.3) is 5.91 Å². The number of methoxy groups -OCH3 is 1. The Hall–Kier alpha value is -3.23. The third-order valence-corrected chi connectivity index (χ3v) is 8.54. The molecule has 1 aromatic heterocycles. The molecule has 9 heteroatoms. The predicted molar refractivity (Wildman–Crippen MR) is 154 cm³/mol. The zero-order chi connectivity index (χ0) is 28.3. The molecule has 0 saturated heterocycles. The summed E-state index contributed by atoms with van der Waals surface area (Å²) in [6.45, 7) is 6.10. The summed E-state index contributed by atoms with van der Waals surface area (Å²) in [4.78, 5) is 41.9. The van der Waals surface area contributed by atoms with Gasteiger partial charge in [0.1, 0.15) is 10.7 Å². The molecule has 0 spiro atoms. The van der Waals surface area contributed by atoms with Gasteiger partial charge in [0.2, 0.25) is 5.91 Å². The summed E-state index contributed by atoms with van der Waals surface area (Å²) in [6, 6.07) is 12.0. The SMILES string of the molecule is COC(=O)c1sc(-c2ccc(NC(=O)c3ccc(F)cc3)c(Cl)c2)cc1N(C(=O)C1CCC(C)CC1)C(C)C. The first-order valence-corrected chi connectivity index (χ1v) is 14.2. The molecule has 1 fully saturated rings. The van der Waals surface area contributed by atoms with Gasteiger partial charge in [0.05, 0.1) is 23.5 Å². The molecule has 0 bridgehead atoms. The molecular weight excluding hydrogens is 539 g/mol. The minimum Gasteiger partial charge on any atom is -0.465 e. The van der Waals surface area contributed by atoms with Crippen molar-refractivity contribution in [3.63, 3.8) is 0 Å². The third-order valence-electron chi connectivity index (χ3n) is 7.07. The van der Waals surface area contributed by atoms with E-state index in [1.54, 1.807) is 23.1 Å². The van der Waals surface area contributed by atoms with E-state index in [9.17, 15) is 18.8 Å². The second kappa shape index (κ2) is 12.3. The van der Waals surface area contributed by atoms with E-state index in [2.05, 4.69) is 12.2 Å². The lowest BCUT2D eigenvalue weighted by Gasteiger charge is -2.33.